The first-order chi connectivity index (χ1) is 12.2. The summed E-state index contributed by atoms with van der Waals surface area (Å²) in [6.45, 7) is 0.456. The van der Waals surface area contributed by atoms with Gasteiger partial charge in [0.05, 0.1) is 5.69 Å². The summed E-state index contributed by atoms with van der Waals surface area (Å²) in [7, 11) is 0. The summed E-state index contributed by atoms with van der Waals surface area (Å²) in [5.41, 5.74) is 2.24. The third kappa shape index (κ3) is 4.71. The van der Waals surface area contributed by atoms with Crippen molar-refractivity contribution in [2.45, 2.75) is 12.6 Å². The van der Waals surface area contributed by atoms with Crippen LogP contribution in [0.3, 0.4) is 0 Å². The van der Waals surface area contributed by atoms with Gasteiger partial charge in [-0.2, -0.15) is 0 Å². The summed E-state index contributed by atoms with van der Waals surface area (Å²) >= 11 is 0. The standard InChI is InChI=1S/C20H18FN3O/c21-16-9-11-17(12-10-16)24-20(25)19(15-6-2-1-3-7-15)23-14-18-8-4-5-13-22-18/h1-13,19,23H,14H2,(H,24,25)/t19-/m1/s1. The fourth-order valence-electron chi connectivity index (χ4n) is 2.46. The van der Waals surface area contributed by atoms with Crippen molar-refractivity contribution in [3.63, 3.8) is 0 Å². The number of amides is 1. The molecule has 2 aromatic carbocycles. The number of benzene rings is 2. The smallest absolute Gasteiger partial charge is 0.246 e. The Bertz CT molecular complexity index is 807. The molecule has 3 rings (SSSR count). The molecule has 0 aliphatic rings. The summed E-state index contributed by atoms with van der Waals surface area (Å²) in [5.74, 6) is -0.556. The molecule has 1 amide bonds. The van der Waals surface area contributed by atoms with Crippen molar-refractivity contribution in [2.75, 3.05) is 5.32 Å². The van der Waals surface area contributed by atoms with Crippen molar-refractivity contribution < 1.29 is 9.18 Å². The molecule has 0 unspecified atom stereocenters. The number of nitrogens with zero attached hydrogens (tertiary/aromatic N) is 1. The number of rotatable bonds is 6. The van der Waals surface area contributed by atoms with Gasteiger partial charge in [0.25, 0.3) is 0 Å². The van der Waals surface area contributed by atoms with Crippen LogP contribution in [0.15, 0.2) is 79.0 Å². The Hall–Kier alpha value is -3.05. The molecule has 0 saturated carbocycles. The summed E-state index contributed by atoms with van der Waals surface area (Å²) in [5, 5.41) is 6.05. The van der Waals surface area contributed by atoms with Gasteiger partial charge < -0.3 is 5.32 Å². The van der Waals surface area contributed by atoms with Crippen LogP contribution in [-0.4, -0.2) is 10.9 Å². The molecule has 1 heterocycles. The van der Waals surface area contributed by atoms with Crippen molar-refractivity contribution in [3.05, 3.63) is 96.1 Å². The Labute approximate surface area is 145 Å². The molecular weight excluding hydrogens is 317 g/mol. The molecule has 0 radical (unpaired) electrons. The lowest BCUT2D eigenvalue weighted by Crippen LogP contribution is -2.33. The molecule has 126 valence electrons. The first-order valence-electron chi connectivity index (χ1n) is 7.97. The number of anilines is 1. The van der Waals surface area contributed by atoms with E-state index < -0.39 is 6.04 Å². The second kappa shape index (κ2) is 8.17. The van der Waals surface area contributed by atoms with Crippen molar-refractivity contribution in [2.24, 2.45) is 0 Å². The van der Waals surface area contributed by atoms with Crippen LogP contribution in [0.5, 0.6) is 0 Å². The highest BCUT2D eigenvalue weighted by molar-refractivity contribution is 5.95. The third-order valence-corrected chi connectivity index (χ3v) is 3.72. The highest BCUT2D eigenvalue weighted by Crippen LogP contribution is 2.17. The molecule has 1 atom stereocenters. The Morgan fingerprint density at radius 3 is 2.36 bits per heavy atom. The summed E-state index contributed by atoms with van der Waals surface area (Å²) in [4.78, 5) is 17.0. The van der Waals surface area contributed by atoms with Crippen LogP contribution in [0, 0.1) is 5.82 Å². The minimum Gasteiger partial charge on any atom is -0.324 e. The maximum absolute atomic E-state index is 13.0. The van der Waals surface area contributed by atoms with Gasteiger partial charge in [0, 0.05) is 18.4 Å². The SMILES string of the molecule is O=C(Nc1ccc(F)cc1)[C@H](NCc1ccccn1)c1ccccc1. The highest BCUT2D eigenvalue weighted by atomic mass is 19.1. The van der Waals surface area contributed by atoms with E-state index in [4.69, 9.17) is 0 Å². The van der Waals surface area contributed by atoms with Crippen LogP contribution in [0.2, 0.25) is 0 Å². The van der Waals surface area contributed by atoms with E-state index in [0.29, 0.717) is 12.2 Å². The Balaban J connectivity index is 1.75. The molecule has 0 fully saturated rings. The van der Waals surface area contributed by atoms with E-state index in [-0.39, 0.29) is 11.7 Å². The van der Waals surface area contributed by atoms with Gasteiger partial charge in [-0.15, -0.1) is 0 Å². The van der Waals surface area contributed by atoms with Gasteiger partial charge in [-0.1, -0.05) is 36.4 Å². The van der Waals surface area contributed by atoms with Crippen LogP contribution in [0.25, 0.3) is 0 Å². The number of aromatic nitrogens is 1. The second-order valence-electron chi connectivity index (χ2n) is 5.54. The lowest BCUT2D eigenvalue weighted by atomic mass is 10.1. The molecule has 0 saturated heterocycles. The van der Waals surface area contributed by atoms with Gasteiger partial charge in [0.1, 0.15) is 11.9 Å². The summed E-state index contributed by atoms with van der Waals surface area (Å²) in [6.07, 6.45) is 1.72. The molecule has 5 heteroatoms. The van der Waals surface area contributed by atoms with Gasteiger partial charge in [-0.05, 0) is 42.0 Å². The van der Waals surface area contributed by atoms with Crippen LogP contribution < -0.4 is 10.6 Å². The molecule has 25 heavy (non-hydrogen) atoms. The number of carbonyl (C=O) groups excluding carboxylic acids is 1. The fourth-order valence-corrected chi connectivity index (χ4v) is 2.46. The fraction of sp³-hybridized carbons (Fsp3) is 0.100. The summed E-state index contributed by atoms with van der Waals surface area (Å²) in [6, 6.07) is 20.2. The number of hydrogen-bond acceptors (Lipinski definition) is 3. The monoisotopic (exact) mass is 335 g/mol. The van der Waals surface area contributed by atoms with E-state index in [9.17, 15) is 9.18 Å². The average Bonchev–Trinajstić information content (AvgIpc) is 2.65. The predicted octanol–water partition coefficient (Wildman–Crippen LogP) is 3.69. The van der Waals surface area contributed by atoms with Gasteiger partial charge >= 0.3 is 0 Å². The van der Waals surface area contributed by atoms with E-state index in [1.165, 1.54) is 24.3 Å². The number of hydrogen-bond donors (Lipinski definition) is 2. The minimum absolute atomic E-state index is 0.214. The van der Waals surface area contributed by atoms with Crippen LogP contribution in [-0.2, 0) is 11.3 Å². The number of nitrogens with one attached hydrogen (secondary N) is 2. The lowest BCUT2D eigenvalue weighted by molar-refractivity contribution is -0.118. The largest absolute Gasteiger partial charge is 0.324 e. The minimum atomic E-state index is -0.548. The first kappa shape index (κ1) is 16.8. The molecule has 0 aliphatic heterocycles. The first-order valence-corrected chi connectivity index (χ1v) is 7.97. The van der Waals surface area contributed by atoms with Gasteiger partial charge in [0.2, 0.25) is 5.91 Å². The Kier molecular flexibility index (Phi) is 5.49. The van der Waals surface area contributed by atoms with Crippen molar-refractivity contribution in [1.82, 2.24) is 10.3 Å². The molecule has 1 aromatic heterocycles. The lowest BCUT2D eigenvalue weighted by Gasteiger charge is -2.19. The number of pyridine rings is 1. The maximum atomic E-state index is 13.0. The normalized spacial score (nSPS) is 11.7. The zero-order valence-corrected chi connectivity index (χ0v) is 13.5. The molecule has 4 nitrogen and oxygen atoms in total. The summed E-state index contributed by atoms with van der Waals surface area (Å²) < 4.78 is 13.0. The van der Waals surface area contributed by atoms with Gasteiger partial charge in [-0.3, -0.25) is 15.1 Å². The van der Waals surface area contributed by atoms with Crippen molar-refractivity contribution in [3.8, 4) is 0 Å². The number of carbonyl (C=O) groups is 1. The van der Waals surface area contributed by atoms with Crippen LogP contribution >= 0.6 is 0 Å². The predicted molar refractivity (Wildman–Crippen MR) is 95.3 cm³/mol. The molecule has 2 N–H and O–H groups in total. The van der Waals surface area contributed by atoms with E-state index >= 15 is 0 Å². The topological polar surface area (TPSA) is 54.0 Å². The molecule has 0 aliphatic carbocycles. The maximum Gasteiger partial charge on any atom is 0.246 e. The zero-order chi connectivity index (χ0) is 17.5. The Morgan fingerprint density at radius 1 is 0.960 bits per heavy atom. The second-order valence-corrected chi connectivity index (χ2v) is 5.54. The van der Waals surface area contributed by atoms with E-state index in [1.54, 1.807) is 6.20 Å². The van der Waals surface area contributed by atoms with Crippen LogP contribution in [0.4, 0.5) is 10.1 Å². The van der Waals surface area contributed by atoms with Gasteiger partial charge in [0.15, 0.2) is 0 Å². The quantitative estimate of drug-likeness (QED) is 0.722. The molecular formula is C20H18FN3O. The molecule has 3 aromatic rings. The van der Waals surface area contributed by atoms with Crippen molar-refractivity contribution >= 4 is 11.6 Å². The molecule has 0 spiro atoms. The third-order valence-electron chi connectivity index (χ3n) is 3.72. The zero-order valence-electron chi connectivity index (χ0n) is 13.5. The van der Waals surface area contributed by atoms with E-state index in [1.807, 2.05) is 48.5 Å². The highest BCUT2D eigenvalue weighted by Gasteiger charge is 2.20. The average molecular weight is 335 g/mol. The van der Waals surface area contributed by atoms with E-state index in [0.717, 1.165) is 11.3 Å². The molecule has 0 bridgehead atoms. The number of halogens is 1. The van der Waals surface area contributed by atoms with E-state index in [2.05, 4.69) is 15.6 Å². The van der Waals surface area contributed by atoms with Crippen molar-refractivity contribution in [1.29, 1.82) is 0 Å². The Morgan fingerprint density at radius 2 is 1.68 bits per heavy atom. The van der Waals surface area contributed by atoms with Crippen LogP contribution in [0.1, 0.15) is 17.3 Å². The van der Waals surface area contributed by atoms with Gasteiger partial charge in [-0.25, -0.2) is 4.39 Å².